The molecule has 0 bridgehead atoms. The molecule has 1 saturated carbocycles. The van der Waals surface area contributed by atoms with Gasteiger partial charge < -0.3 is 0 Å². The van der Waals surface area contributed by atoms with Crippen molar-refractivity contribution in [2.24, 2.45) is 11.3 Å². The summed E-state index contributed by atoms with van der Waals surface area (Å²) < 4.78 is 0. The summed E-state index contributed by atoms with van der Waals surface area (Å²) in [6, 6.07) is 21.3. The normalized spacial score (nSPS) is 19.4. The molecule has 0 amide bonds. The van der Waals surface area contributed by atoms with Crippen LogP contribution in [0.25, 0.3) is 12.2 Å². The second-order valence-corrected chi connectivity index (χ2v) is 6.64. The van der Waals surface area contributed by atoms with Crippen LogP contribution in [0.4, 0.5) is 0 Å². The van der Waals surface area contributed by atoms with E-state index in [9.17, 15) is 0 Å². The van der Waals surface area contributed by atoms with Crippen molar-refractivity contribution >= 4 is 12.2 Å². The van der Waals surface area contributed by atoms with Crippen molar-refractivity contribution in [3.05, 3.63) is 83.9 Å². The topological polar surface area (TPSA) is 0 Å². The summed E-state index contributed by atoms with van der Waals surface area (Å²) in [6.07, 6.45) is 14.7. The minimum absolute atomic E-state index is 0.265. The third-order valence-electron chi connectivity index (χ3n) is 4.88. The zero-order valence-electron chi connectivity index (χ0n) is 14.0. The second kappa shape index (κ2) is 7.46. The maximum atomic E-state index is 2.43. The Morgan fingerprint density at radius 2 is 1.39 bits per heavy atom. The quantitative estimate of drug-likeness (QED) is 0.540. The van der Waals surface area contributed by atoms with Crippen LogP contribution in [0.5, 0.6) is 0 Å². The van der Waals surface area contributed by atoms with Crippen LogP contribution in [0.15, 0.2) is 72.8 Å². The van der Waals surface area contributed by atoms with E-state index in [-0.39, 0.29) is 5.41 Å². The Balaban J connectivity index is 1.76. The molecule has 118 valence electrons. The van der Waals surface area contributed by atoms with Gasteiger partial charge in [0.25, 0.3) is 0 Å². The molecule has 23 heavy (non-hydrogen) atoms. The molecule has 0 N–H and O–H groups in total. The van der Waals surface area contributed by atoms with Gasteiger partial charge in [0.05, 0.1) is 0 Å². The Morgan fingerprint density at radius 3 is 1.87 bits per heavy atom. The lowest BCUT2D eigenvalue weighted by Crippen LogP contribution is -1.96. The lowest BCUT2D eigenvalue weighted by Gasteiger charge is -2.08. The van der Waals surface area contributed by atoms with Gasteiger partial charge in [0, 0.05) is 5.41 Å². The smallest absolute Gasteiger partial charge is 0.00992 e. The summed E-state index contributed by atoms with van der Waals surface area (Å²) in [6.45, 7) is 2.28. The average molecular weight is 302 g/mol. The summed E-state index contributed by atoms with van der Waals surface area (Å²) >= 11 is 0. The molecule has 0 nitrogen and oxygen atoms in total. The fourth-order valence-electron chi connectivity index (χ4n) is 3.28. The molecule has 1 aliphatic carbocycles. The van der Waals surface area contributed by atoms with Gasteiger partial charge in [-0.15, -0.1) is 0 Å². The highest BCUT2D eigenvalue weighted by molar-refractivity contribution is 5.56. The van der Waals surface area contributed by atoms with Crippen molar-refractivity contribution in [1.82, 2.24) is 0 Å². The van der Waals surface area contributed by atoms with Gasteiger partial charge >= 0.3 is 0 Å². The fourth-order valence-corrected chi connectivity index (χ4v) is 3.28. The Kier molecular flexibility index (Phi) is 5.12. The van der Waals surface area contributed by atoms with Crippen LogP contribution < -0.4 is 0 Å². The summed E-state index contributed by atoms with van der Waals surface area (Å²) in [7, 11) is 0. The Bertz CT molecular complexity index is 599. The Morgan fingerprint density at radius 1 is 0.870 bits per heavy atom. The molecule has 3 rings (SSSR count). The summed E-state index contributed by atoms with van der Waals surface area (Å²) in [4.78, 5) is 0. The zero-order chi connectivity index (χ0) is 16.0. The second-order valence-electron chi connectivity index (χ2n) is 6.64. The number of allylic oxidation sites excluding steroid dienone is 2. The lowest BCUT2D eigenvalue weighted by molar-refractivity contribution is 0.594. The largest absolute Gasteiger partial charge is 0.0736 e. The molecule has 2 aromatic carbocycles. The number of rotatable bonds is 7. The first-order valence-electron chi connectivity index (χ1n) is 8.81. The molecular formula is C23H26. The number of hydrogen-bond donors (Lipinski definition) is 0. The number of unbranched alkanes of at least 4 members (excludes halogenated alkanes) is 1. The van der Waals surface area contributed by atoms with Gasteiger partial charge in [0.2, 0.25) is 0 Å². The lowest BCUT2D eigenvalue weighted by atomic mass is 9.97. The van der Waals surface area contributed by atoms with E-state index < -0.39 is 0 Å². The van der Waals surface area contributed by atoms with Crippen LogP contribution in [0.2, 0.25) is 0 Å². The van der Waals surface area contributed by atoms with Crippen LogP contribution in [0.3, 0.4) is 0 Å². The van der Waals surface area contributed by atoms with Gasteiger partial charge in [-0.25, -0.2) is 0 Å². The minimum atomic E-state index is 0.265. The number of hydrogen-bond acceptors (Lipinski definition) is 0. The van der Waals surface area contributed by atoms with Crippen molar-refractivity contribution in [1.29, 1.82) is 0 Å². The van der Waals surface area contributed by atoms with Crippen LogP contribution in [-0.2, 0) is 0 Å². The van der Waals surface area contributed by atoms with Crippen LogP contribution >= 0.6 is 0 Å². The Hall–Kier alpha value is -2.08. The minimum Gasteiger partial charge on any atom is -0.0736 e. The highest BCUT2D eigenvalue weighted by Crippen LogP contribution is 2.58. The van der Waals surface area contributed by atoms with E-state index in [0.29, 0.717) is 0 Å². The first kappa shape index (κ1) is 15.8. The van der Waals surface area contributed by atoms with Gasteiger partial charge in [-0.3, -0.25) is 0 Å². The van der Waals surface area contributed by atoms with Gasteiger partial charge in [-0.05, 0) is 29.9 Å². The monoisotopic (exact) mass is 302 g/mol. The van der Waals surface area contributed by atoms with E-state index in [4.69, 9.17) is 0 Å². The molecule has 0 radical (unpaired) electrons. The van der Waals surface area contributed by atoms with Crippen molar-refractivity contribution < 1.29 is 0 Å². The molecule has 1 fully saturated rings. The maximum Gasteiger partial charge on any atom is 0.00992 e. The van der Waals surface area contributed by atoms with E-state index in [1.165, 1.54) is 36.8 Å². The Labute approximate surface area is 140 Å². The zero-order valence-corrected chi connectivity index (χ0v) is 14.0. The van der Waals surface area contributed by atoms with E-state index >= 15 is 0 Å². The molecule has 0 aliphatic heterocycles. The molecule has 0 spiro atoms. The molecular weight excluding hydrogens is 276 g/mol. The van der Waals surface area contributed by atoms with Crippen LogP contribution in [0, 0.1) is 11.3 Å². The summed E-state index contributed by atoms with van der Waals surface area (Å²) in [5, 5.41) is 0. The third-order valence-corrected chi connectivity index (χ3v) is 4.88. The predicted octanol–water partition coefficient (Wildman–Crippen LogP) is 6.61. The van der Waals surface area contributed by atoms with Gasteiger partial charge in [-0.1, -0.05) is 105 Å². The summed E-state index contributed by atoms with van der Waals surface area (Å²) in [5.74, 6) is 0.808. The molecule has 2 aromatic rings. The van der Waals surface area contributed by atoms with E-state index in [1.807, 2.05) is 0 Å². The predicted molar refractivity (Wildman–Crippen MR) is 101 cm³/mol. The summed E-state index contributed by atoms with van der Waals surface area (Å²) in [5.41, 5.74) is 2.85. The van der Waals surface area contributed by atoms with Gasteiger partial charge in [0.1, 0.15) is 0 Å². The first-order chi connectivity index (χ1) is 11.3. The molecule has 0 heteroatoms. The standard InChI is InChI=1S/C23H26/c1-2-3-14-22-19-23(22,17-15-20-10-6-4-7-11-20)18-16-21-12-8-5-9-13-21/h4-13,15-18,22H,2-3,14,19H2,1H3/b17-15+,18-16+/t22-/m0/s1. The van der Waals surface area contributed by atoms with Gasteiger partial charge in [0.15, 0.2) is 0 Å². The van der Waals surface area contributed by atoms with Crippen molar-refractivity contribution in [2.75, 3.05) is 0 Å². The van der Waals surface area contributed by atoms with E-state index in [2.05, 4.69) is 91.9 Å². The third kappa shape index (κ3) is 4.22. The van der Waals surface area contributed by atoms with Crippen LogP contribution in [-0.4, -0.2) is 0 Å². The van der Waals surface area contributed by atoms with Crippen LogP contribution in [0.1, 0.15) is 43.7 Å². The fraction of sp³-hybridized carbons (Fsp3) is 0.304. The maximum absolute atomic E-state index is 2.43. The van der Waals surface area contributed by atoms with E-state index in [1.54, 1.807) is 0 Å². The van der Waals surface area contributed by atoms with Crippen molar-refractivity contribution in [3.63, 3.8) is 0 Å². The molecule has 1 atom stereocenters. The molecule has 0 heterocycles. The molecule has 0 saturated heterocycles. The SMILES string of the molecule is CCCC[C@H]1CC1(/C=C/c1ccccc1)/C=C/c1ccccc1. The highest BCUT2D eigenvalue weighted by atomic mass is 14.5. The van der Waals surface area contributed by atoms with E-state index in [0.717, 1.165) is 5.92 Å². The van der Waals surface area contributed by atoms with Crippen molar-refractivity contribution in [2.45, 2.75) is 32.6 Å². The number of benzene rings is 2. The molecule has 0 unspecified atom stereocenters. The van der Waals surface area contributed by atoms with Crippen molar-refractivity contribution in [3.8, 4) is 0 Å². The first-order valence-corrected chi connectivity index (χ1v) is 8.81. The molecule has 1 aliphatic rings. The molecule has 0 aromatic heterocycles. The average Bonchev–Trinajstić information content (AvgIpc) is 3.32. The van der Waals surface area contributed by atoms with Gasteiger partial charge in [-0.2, -0.15) is 0 Å². The highest BCUT2D eigenvalue weighted by Gasteiger charge is 2.48.